The van der Waals surface area contributed by atoms with Crippen LogP contribution in [0.5, 0.6) is 0 Å². The maximum absolute atomic E-state index is 12.2. The number of hydrogen-bond acceptors (Lipinski definition) is 2. The molecule has 1 aromatic carbocycles. The summed E-state index contributed by atoms with van der Waals surface area (Å²) in [6.07, 6.45) is 1.80. The second-order valence-electron chi connectivity index (χ2n) is 5.64. The van der Waals surface area contributed by atoms with Crippen molar-refractivity contribution in [3.05, 3.63) is 42.1 Å². The van der Waals surface area contributed by atoms with E-state index in [-0.39, 0.29) is 10.8 Å². The first kappa shape index (κ1) is 14.2. The van der Waals surface area contributed by atoms with E-state index in [4.69, 9.17) is 0 Å². The smallest absolute Gasteiger partial charge is 0.0975 e. The molecule has 0 aliphatic heterocycles. The van der Waals surface area contributed by atoms with E-state index in [1.807, 2.05) is 52.0 Å². The maximum atomic E-state index is 12.2. The summed E-state index contributed by atoms with van der Waals surface area (Å²) < 4.78 is 15.1. The van der Waals surface area contributed by atoms with Crippen molar-refractivity contribution in [3.63, 3.8) is 0 Å². The number of hydrogen-bond donors (Lipinski definition) is 1. The average Bonchev–Trinajstić information content (AvgIpc) is 2.36. The molecule has 2 rings (SSSR count). The minimum atomic E-state index is -1.08. The standard InChI is InChI=1S/C15H20N2OS/c1-11(17-19(18)15(2,3)4)12-9-10-16-14-8-6-5-7-13(12)14/h5-11,17H,1-4H3. The van der Waals surface area contributed by atoms with Crippen LogP contribution in [0.25, 0.3) is 10.9 Å². The summed E-state index contributed by atoms with van der Waals surface area (Å²) in [6.45, 7) is 7.93. The first-order valence-electron chi connectivity index (χ1n) is 6.41. The van der Waals surface area contributed by atoms with Crippen LogP contribution in [0.15, 0.2) is 36.5 Å². The molecule has 3 nitrogen and oxygen atoms in total. The molecule has 0 bridgehead atoms. The van der Waals surface area contributed by atoms with E-state index in [1.165, 1.54) is 0 Å². The predicted molar refractivity (Wildman–Crippen MR) is 81.2 cm³/mol. The van der Waals surface area contributed by atoms with Gasteiger partial charge in [-0.2, -0.15) is 0 Å². The van der Waals surface area contributed by atoms with E-state index in [0.717, 1.165) is 16.5 Å². The van der Waals surface area contributed by atoms with Crippen LogP contribution in [0.4, 0.5) is 0 Å². The van der Waals surface area contributed by atoms with Crippen LogP contribution in [0.1, 0.15) is 39.3 Å². The van der Waals surface area contributed by atoms with E-state index in [1.54, 1.807) is 6.20 Å². The van der Waals surface area contributed by atoms with Gasteiger partial charge in [0.15, 0.2) is 0 Å². The monoisotopic (exact) mass is 276 g/mol. The Kier molecular flexibility index (Phi) is 4.02. The van der Waals surface area contributed by atoms with Crippen LogP contribution in [0.2, 0.25) is 0 Å². The van der Waals surface area contributed by atoms with Crippen molar-refractivity contribution in [2.24, 2.45) is 0 Å². The first-order valence-corrected chi connectivity index (χ1v) is 7.56. The largest absolute Gasteiger partial charge is 0.256 e. The summed E-state index contributed by atoms with van der Waals surface area (Å²) in [5, 5.41) is 1.11. The van der Waals surface area contributed by atoms with E-state index < -0.39 is 11.0 Å². The van der Waals surface area contributed by atoms with Crippen LogP contribution in [0, 0.1) is 0 Å². The van der Waals surface area contributed by atoms with Crippen molar-refractivity contribution in [3.8, 4) is 0 Å². The third-order valence-corrected chi connectivity index (χ3v) is 4.67. The van der Waals surface area contributed by atoms with Crippen molar-refractivity contribution < 1.29 is 4.21 Å². The molecule has 102 valence electrons. The molecule has 0 saturated carbocycles. The van der Waals surface area contributed by atoms with Gasteiger partial charge < -0.3 is 0 Å². The molecule has 1 N–H and O–H groups in total. The number of para-hydroxylation sites is 1. The molecule has 2 aromatic rings. The maximum Gasteiger partial charge on any atom is 0.0975 e. The Balaban J connectivity index is 2.32. The summed E-state index contributed by atoms with van der Waals surface area (Å²) in [5.74, 6) is 0. The third kappa shape index (κ3) is 3.19. The molecule has 0 spiro atoms. The Hall–Kier alpha value is -1.26. The highest BCUT2D eigenvalue weighted by Gasteiger charge is 2.22. The number of pyridine rings is 1. The number of benzene rings is 1. The van der Waals surface area contributed by atoms with Gasteiger partial charge in [0.25, 0.3) is 0 Å². The number of fused-ring (bicyclic) bond motifs is 1. The Labute approximate surface area is 117 Å². The van der Waals surface area contributed by atoms with Crippen molar-refractivity contribution in [2.75, 3.05) is 0 Å². The van der Waals surface area contributed by atoms with Gasteiger partial charge >= 0.3 is 0 Å². The molecule has 0 aliphatic carbocycles. The third-order valence-electron chi connectivity index (χ3n) is 2.99. The quantitative estimate of drug-likeness (QED) is 0.934. The minimum Gasteiger partial charge on any atom is -0.256 e. The molecular formula is C15H20N2OS. The van der Waals surface area contributed by atoms with Crippen LogP contribution in [-0.2, 0) is 11.0 Å². The number of nitrogens with one attached hydrogen (secondary N) is 1. The zero-order chi connectivity index (χ0) is 14.0. The predicted octanol–water partition coefficient (Wildman–Crippen LogP) is 3.35. The molecule has 0 fully saturated rings. The normalized spacial score (nSPS) is 15.4. The second kappa shape index (κ2) is 5.39. The van der Waals surface area contributed by atoms with Gasteiger partial charge in [-0.15, -0.1) is 0 Å². The van der Waals surface area contributed by atoms with Gasteiger partial charge in [-0.05, 0) is 45.4 Å². The molecule has 0 amide bonds. The molecular weight excluding hydrogens is 256 g/mol. The minimum absolute atomic E-state index is 0.0213. The summed E-state index contributed by atoms with van der Waals surface area (Å²) in [5.41, 5.74) is 2.10. The summed E-state index contributed by atoms with van der Waals surface area (Å²) in [6, 6.07) is 10.0. The Bertz CT molecular complexity index is 599. The fourth-order valence-electron chi connectivity index (χ4n) is 1.90. The van der Waals surface area contributed by atoms with Gasteiger partial charge in [0.1, 0.15) is 0 Å². The van der Waals surface area contributed by atoms with E-state index in [9.17, 15) is 4.21 Å². The van der Waals surface area contributed by atoms with Gasteiger partial charge in [-0.1, -0.05) is 18.2 Å². The molecule has 1 aromatic heterocycles. The number of rotatable bonds is 3. The second-order valence-corrected chi connectivity index (χ2v) is 7.64. The topological polar surface area (TPSA) is 42.0 Å². The van der Waals surface area contributed by atoms with Crippen LogP contribution in [0.3, 0.4) is 0 Å². The summed E-state index contributed by atoms with van der Waals surface area (Å²) in [4.78, 5) is 4.35. The van der Waals surface area contributed by atoms with Crippen molar-refractivity contribution in [1.29, 1.82) is 0 Å². The molecule has 0 saturated heterocycles. The highest BCUT2D eigenvalue weighted by Crippen LogP contribution is 2.23. The molecule has 4 heteroatoms. The summed E-state index contributed by atoms with van der Waals surface area (Å²) in [7, 11) is -1.08. The fourth-order valence-corrected chi connectivity index (χ4v) is 2.70. The molecule has 2 atom stereocenters. The SMILES string of the molecule is CC(NS(=O)C(C)(C)C)c1ccnc2ccccc12. The van der Waals surface area contributed by atoms with Crippen molar-refractivity contribution in [2.45, 2.75) is 38.5 Å². The number of nitrogens with zero attached hydrogens (tertiary/aromatic N) is 1. The Morgan fingerprint density at radius 3 is 2.58 bits per heavy atom. The lowest BCUT2D eigenvalue weighted by Gasteiger charge is -2.22. The van der Waals surface area contributed by atoms with Gasteiger partial charge in [0, 0.05) is 17.6 Å². The fraction of sp³-hybridized carbons (Fsp3) is 0.400. The van der Waals surface area contributed by atoms with Gasteiger partial charge in [-0.25, -0.2) is 8.93 Å². The average molecular weight is 276 g/mol. The lowest BCUT2D eigenvalue weighted by Crippen LogP contribution is -2.34. The highest BCUT2D eigenvalue weighted by atomic mass is 32.2. The van der Waals surface area contributed by atoms with Crippen molar-refractivity contribution in [1.82, 2.24) is 9.71 Å². The van der Waals surface area contributed by atoms with Crippen LogP contribution >= 0.6 is 0 Å². The van der Waals surface area contributed by atoms with Crippen LogP contribution in [-0.4, -0.2) is 13.9 Å². The molecule has 19 heavy (non-hydrogen) atoms. The molecule has 0 radical (unpaired) electrons. The van der Waals surface area contributed by atoms with Gasteiger partial charge in [-0.3, -0.25) is 4.98 Å². The lowest BCUT2D eigenvalue weighted by atomic mass is 10.0. The van der Waals surface area contributed by atoms with Gasteiger partial charge in [0.05, 0.1) is 21.2 Å². The first-order chi connectivity index (χ1) is 8.89. The summed E-state index contributed by atoms with van der Waals surface area (Å²) >= 11 is 0. The molecule has 0 aliphatic rings. The van der Waals surface area contributed by atoms with Crippen molar-refractivity contribution >= 4 is 21.9 Å². The van der Waals surface area contributed by atoms with E-state index >= 15 is 0 Å². The molecule has 1 heterocycles. The lowest BCUT2D eigenvalue weighted by molar-refractivity contribution is 0.617. The van der Waals surface area contributed by atoms with Gasteiger partial charge in [0.2, 0.25) is 0 Å². The van der Waals surface area contributed by atoms with E-state index in [2.05, 4.69) is 15.8 Å². The Morgan fingerprint density at radius 2 is 1.89 bits per heavy atom. The zero-order valence-corrected chi connectivity index (χ0v) is 12.6. The van der Waals surface area contributed by atoms with Crippen LogP contribution < -0.4 is 4.72 Å². The van der Waals surface area contributed by atoms with E-state index in [0.29, 0.717) is 0 Å². The highest BCUT2D eigenvalue weighted by molar-refractivity contribution is 7.84. The molecule has 2 unspecified atom stereocenters. The Morgan fingerprint density at radius 1 is 1.21 bits per heavy atom. The number of aromatic nitrogens is 1. The zero-order valence-electron chi connectivity index (χ0n) is 11.8.